The predicted molar refractivity (Wildman–Crippen MR) is 168 cm³/mol. The summed E-state index contributed by atoms with van der Waals surface area (Å²) in [5.74, 6) is 0.803. The third-order valence-corrected chi connectivity index (χ3v) is 7.03. The normalized spacial score (nSPS) is 17.3. The van der Waals surface area contributed by atoms with Gasteiger partial charge in [0.1, 0.15) is 18.5 Å². The Balaban J connectivity index is 0.00000210. The van der Waals surface area contributed by atoms with Gasteiger partial charge in [0.15, 0.2) is 5.82 Å². The lowest BCUT2D eigenvalue weighted by Crippen LogP contribution is -2.45. The molecular weight excluding hydrogens is 617 g/mol. The third kappa shape index (κ3) is 9.15. The van der Waals surface area contributed by atoms with Gasteiger partial charge >= 0.3 is 0 Å². The van der Waals surface area contributed by atoms with Crippen molar-refractivity contribution in [2.45, 2.75) is 6.10 Å². The molecule has 2 fully saturated rings. The maximum absolute atomic E-state index is 14.3. The van der Waals surface area contributed by atoms with E-state index in [4.69, 9.17) is 9.47 Å². The topological polar surface area (TPSA) is 76.0 Å². The molecule has 5 rings (SSSR count). The highest BCUT2D eigenvalue weighted by Gasteiger charge is 2.25. The van der Waals surface area contributed by atoms with Crippen molar-refractivity contribution in [3.63, 3.8) is 0 Å². The number of rotatable bonds is 7. The average molecular weight is 654 g/mol. The molecule has 2 saturated heterocycles. The lowest BCUT2D eigenvalue weighted by Gasteiger charge is -2.34. The maximum Gasteiger partial charge on any atom is 0.255 e. The Morgan fingerprint density at radius 1 is 1.00 bits per heavy atom. The number of halogens is 5. The van der Waals surface area contributed by atoms with Gasteiger partial charge in [0.25, 0.3) is 5.56 Å². The molecule has 0 radical (unpaired) electrons. The largest absolute Gasteiger partial charge is 0.492 e. The fourth-order valence-corrected chi connectivity index (χ4v) is 4.71. The number of ether oxygens (including phenoxy) is 2. The Kier molecular flexibility index (Phi) is 15.3. The number of hydrogen-bond acceptors (Lipinski definition) is 8. The van der Waals surface area contributed by atoms with Crippen LogP contribution in [0.1, 0.15) is 11.7 Å². The molecular formula is C27H37Cl4FN6O3. The zero-order valence-electron chi connectivity index (χ0n) is 23.0. The number of hydrogen-bond donors (Lipinski definition) is 0. The van der Waals surface area contributed by atoms with Crippen molar-refractivity contribution < 1.29 is 13.9 Å². The van der Waals surface area contributed by atoms with Crippen molar-refractivity contribution in [2.24, 2.45) is 7.05 Å². The fraction of sp³-hybridized carbons (Fsp3) is 0.444. The summed E-state index contributed by atoms with van der Waals surface area (Å²) in [5, 5.41) is 0. The summed E-state index contributed by atoms with van der Waals surface area (Å²) in [6, 6.07) is 10.9. The van der Waals surface area contributed by atoms with Crippen LogP contribution >= 0.6 is 49.6 Å². The van der Waals surface area contributed by atoms with E-state index in [1.807, 2.05) is 29.2 Å². The molecule has 0 aliphatic carbocycles. The van der Waals surface area contributed by atoms with Gasteiger partial charge in [-0.1, -0.05) is 12.1 Å². The second kappa shape index (κ2) is 17.1. The van der Waals surface area contributed by atoms with Crippen LogP contribution in [-0.2, 0) is 11.8 Å². The number of anilines is 1. The lowest BCUT2D eigenvalue weighted by molar-refractivity contribution is 0.0389. The molecule has 0 saturated carbocycles. The summed E-state index contributed by atoms with van der Waals surface area (Å²) in [7, 11) is 3.83. The Hall–Kier alpha value is -2.18. The first kappa shape index (κ1) is 36.8. The van der Waals surface area contributed by atoms with Crippen LogP contribution in [0.4, 0.5) is 10.3 Å². The second-order valence-electron chi connectivity index (χ2n) is 9.56. The standard InChI is InChI=1S/C27H33FN6O3.4ClH/c1-31-9-11-33(12-10-31)13-15-36-21-5-3-20(4-6-21)25-19-34(14-16-37-25)27-30-24(17-26(35)32(27)2)22-7-8-29-18-23(22)28;;;;/h3-8,17-18,25H,9-16,19H2,1-2H3;4*1H/t25-;;;;/m1..../s1. The molecule has 0 spiro atoms. The van der Waals surface area contributed by atoms with E-state index in [1.165, 1.54) is 22.9 Å². The third-order valence-electron chi connectivity index (χ3n) is 7.03. The summed E-state index contributed by atoms with van der Waals surface area (Å²) in [5.41, 5.74) is 1.32. The molecule has 1 aromatic carbocycles. The molecule has 9 nitrogen and oxygen atoms in total. The van der Waals surface area contributed by atoms with E-state index in [2.05, 4.69) is 26.8 Å². The second-order valence-corrected chi connectivity index (χ2v) is 9.56. The van der Waals surface area contributed by atoms with Gasteiger partial charge in [-0.3, -0.25) is 19.2 Å². The summed E-state index contributed by atoms with van der Waals surface area (Å²) >= 11 is 0. The molecule has 3 aromatic rings. The zero-order chi connectivity index (χ0) is 25.8. The molecule has 41 heavy (non-hydrogen) atoms. The average Bonchev–Trinajstić information content (AvgIpc) is 2.92. The van der Waals surface area contributed by atoms with Crippen LogP contribution in [0.3, 0.4) is 0 Å². The van der Waals surface area contributed by atoms with Crippen LogP contribution in [0.5, 0.6) is 5.75 Å². The highest BCUT2D eigenvalue weighted by Crippen LogP contribution is 2.28. The number of aromatic nitrogens is 3. The van der Waals surface area contributed by atoms with Gasteiger partial charge in [0.05, 0.1) is 25.0 Å². The molecule has 2 aromatic heterocycles. The minimum Gasteiger partial charge on any atom is -0.492 e. The van der Waals surface area contributed by atoms with Crippen molar-refractivity contribution in [1.29, 1.82) is 0 Å². The molecule has 2 aliphatic heterocycles. The fourth-order valence-electron chi connectivity index (χ4n) is 4.71. The zero-order valence-corrected chi connectivity index (χ0v) is 26.2. The first-order chi connectivity index (χ1) is 18.0. The van der Waals surface area contributed by atoms with Gasteiger partial charge in [0.2, 0.25) is 5.95 Å². The highest BCUT2D eigenvalue weighted by molar-refractivity contribution is 5.86. The molecule has 2 aliphatic rings. The van der Waals surface area contributed by atoms with Gasteiger partial charge in [-0.15, -0.1) is 49.6 Å². The van der Waals surface area contributed by atoms with Crippen molar-refractivity contribution in [3.05, 3.63) is 70.5 Å². The Labute approximate surface area is 264 Å². The number of likely N-dealkylation sites (N-methyl/N-ethyl adjacent to an activating group) is 1. The minimum atomic E-state index is -0.514. The minimum absolute atomic E-state index is 0. The van der Waals surface area contributed by atoms with Crippen molar-refractivity contribution in [3.8, 4) is 17.0 Å². The SMILES string of the molecule is CN1CCN(CCOc2ccc([C@H]3CN(c4nc(-c5ccncc5F)cc(=O)n4C)CCO3)cc2)CC1.Cl.Cl.Cl.Cl. The van der Waals surface area contributed by atoms with E-state index in [1.54, 1.807) is 7.05 Å². The van der Waals surface area contributed by atoms with Gasteiger partial charge in [-0.25, -0.2) is 9.37 Å². The Morgan fingerprint density at radius 2 is 1.71 bits per heavy atom. The van der Waals surface area contributed by atoms with Crippen LogP contribution in [0.15, 0.2) is 53.6 Å². The van der Waals surface area contributed by atoms with Gasteiger partial charge < -0.3 is 19.3 Å². The van der Waals surface area contributed by atoms with Gasteiger partial charge in [-0.2, -0.15) is 0 Å². The summed E-state index contributed by atoms with van der Waals surface area (Å²) < 4.78 is 27.8. The van der Waals surface area contributed by atoms with Crippen molar-refractivity contribution in [1.82, 2.24) is 24.3 Å². The predicted octanol–water partition coefficient (Wildman–Crippen LogP) is 3.87. The molecule has 1 atom stereocenters. The van der Waals surface area contributed by atoms with Crippen molar-refractivity contribution >= 4 is 55.6 Å². The summed E-state index contributed by atoms with van der Waals surface area (Å²) in [6.07, 6.45) is 2.42. The number of pyridine rings is 1. The van der Waals surface area contributed by atoms with Crippen LogP contribution in [0.2, 0.25) is 0 Å². The van der Waals surface area contributed by atoms with Crippen LogP contribution < -0.4 is 15.2 Å². The van der Waals surface area contributed by atoms with E-state index >= 15 is 0 Å². The van der Waals surface area contributed by atoms with Crippen LogP contribution in [0.25, 0.3) is 11.3 Å². The Bertz CT molecular complexity index is 1280. The number of benzene rings is 1. The van der Waals surface area contributed by atoms with E-state index in [0.717, 1.165) is 50.2 Å². The van der Waals surface area contributed by atoms with E-state index in [0.29, 0.717) is 37.9 Å². The van der Waals surface area contributed by atoms with Gasteiger partial charge in [-0.05, 0) is 30.8 Å². The molecule has 0 amide bonds. The van der Waals surface area contributed by atoms with E-state index in [9.17, 15) is 9.18 Å². The highest BCUT2D eigenvalue weighted by atomic mass is 35.5. The monoisotopic (exact) mass is 652 g/mol. The quantitative estimate of drug-likeness (QED) is 0.381. The first-order valence-corrected chi connectivity index (χ1v) is 12.7. The lowest BCUT2D eigenvalue weighted by atomic mass is 10.1. The van der Waals surface area contributed by atoms with Crippen LogP contribution in [0, 0.1) is 5.82 Å². The van der Waals surface area contributed by atoms with Crippen molar-refractivity contribution in [2.75, 3.05) is 71.0 Å². The van der Waals surface area contributed by atoms with Crippen LogP contribution in [-0.4, -0.2) is 90.4 Å². The number of morpholine rings is 1. The Morgan fingerprint density at radius 3 is 2.39 bits per heavy atom. The molecule has 4 heterocycles. The maximum atomic E-state index is 14.3. The summed E-state index contributed by atoms with van der Waals surface area (Å²) in [4.78, 5) is 27.9. The molecule has 0 N–H and O–H groups in total. The molecule has 0 bridgehead atoms. The first-order valence-electron chi connectivity index (χ1n) is 12.7. The van der Waals surface area contributed by atoms with Gasteiger partial charge in [0, 0.05) is 64.1 Å². The number of nitrogens with zero attached hydrogens (tertiary/aromatic N) is 6. The molecule has 0 unspecified atom stereocenters. The molecule has 228 valence electrons. The number of piperazine rings is 1. The smallest absolute Gasteiger partial charge is 0.255 e. The molecule has 14 heteroatoms. The van der Waals surface area contributed by atoms with E-state index in [-0.39, 0.29) is 66.9 Å². The summed E-state index contributed by atoms with van der Waals surface area (Å²) in [6.45, 7) is 7.51. The van der Waals surface area contributed by atoms with E-state index < -0.39 is 5.82 Å².